The van der Waals surface area contributed by atoms with Gasteiger partial charge in [-0.2, -0.15) is 0 Å². The predicted molar refractivity (Wildman–Crippen MR) is 98.4 cm³/mol. The maximum atomic E-state index is 12.6. The van der Waals surface area contributed by atoms with Crippen LogP contribution in [-0.2, 0) is 16.0 Å². The van der Waals surface area contributed by atoms with Gasteiger partial charge in [-0.1, -0.05) is 0 Å². The number of fused-ring (bicyclic) bond motifs is 1. The maximum Gasteiger partial charge on any atom is 0.227 e. The number of hydrogen-bond donors (Lipinski definition) is 3. The van der Waals surface area contributed by atoms with Gasteiger partial charge in [-0.25, -0.2) is 4.98 Å². The fourth-order valence-electron chi connectivity index (χ4n) is 3.19. The molecule has 1 aliphatic rings. The fraction of sp³-hybridized carbons (Fsp3) is 0.471. The molecule has 0 spiro atoms. The van der Waals surface area contributed by atoms with Gasteiger partial charge in [0.15, 0.2) is 0 Å². The minimum Gasteiger partial charge on any atom is -0.355 e. The van der Waals surface area contributed by atoms with Crippen molar-refractivity contribution in [1.82, 2.24) is 20.2 Å². The van der Waals surface area contributed by atoms with Crippen LogP contribution >= 0.6 is 12.4 Å². The molecule has 0 bridgehead atoms. The molecule has 2 amide bonds. The second-order valence-electron chi connectivity index (χ2n) is 6.15. The Kier molecular flexibility index (Phi) is 6.78. The Morgan fingerprint density at radius 2 is 2.28 bits per heavy atom. The molecule has 1 aliphatic heterocycles. The predicted octanol–water partition coefficient (Wildman–Crippen LogP) is 0.841. The summed E-state index contributed by atoms with van der Waals surface area (Å²) in [6.45, 7) is 2.09. The van der Waals surface area contributed by atoms with Crippen molar-refractivity contribution in [3.8, 4) is 0 Å². The van der Waals surface area contributed by atoms with Crippen molar-refractivity contribution >= 4 is 35.3 Å². The number of aromatic nitrogens is 2. The second-order valence-corrected chi connectivity index (χ2v) is 6.15. The van der Waals surface area contributed by atoms with Crippen molar-refractivity contribution in [3.63, 3.8) is 0 Å². The monoisotopic (exact) mass is 365 g/mol. The first-order chi connectivity index (χ1) is 11.7. The first-order valence-corrected chi connectivity index (χ1v) is 8.35. The van der Waals surface area contributed by atoms with E-state index < -0.39 is 0 Å². The summed E-state index contributed by atoms with van der Waals surface area (Å²) in [6, 6.07) is 3.82. The van der Waals surface area contributed by atoms with Gasteiger partial charge in [0.2, 0.25) is 11.8 Å². The first kappa shape index (κ1) is 19.2. The van der Waals surface area contributed by atoms with Crippen LogP contribution in [0.4, 0.5) is 0 Å². The Bertz CT molecular complexity index is 733. The van der Waals surface area contributed by atoms with Crippen molar-refractivity contribution in [2.75, 3.05) is 26.2 Å². The van der Waals surface area contributed by atoms with Crippen LogP contribution in [0.2, 0.25) is 0 Å². The molecule has 3 heterocycles. The fourth-order valence-corrected chi connectivity index (χ4v) is 3.19. The maximum absolute atomic E-state index is 12.6. The lowest BCUT2D eigenvalue weighted by molar-refractivity contribution is -0.135. The highest BCUT2D eigenvalue weighted by Gasteiger charge is 2.28. The number of hydrogen-bond acceptors (Lipinski definition) is 4. The van der Waals surface area contributed by atoms with Crippen LogP contribution in [0.3, 0.4) is 0 Å². The van der Waals surface area contributed by atoms with E-state index in [0.717, 1.165) is 29.4 Å². The van der Waals surface area contributed by atoms with Crippen LogP contribution in [0.1, 0.15) is 18.4 Å². The van der Waals surface area contributed by atoms with E-state index in [4.69, 9.17) is 5.73 Å². The van der Waals surface area contributed by atoms with Crippen molar-refractivity contribution in [2.45, 2.75) is 19.3 Å². The van der Waals surface area contributed by atoms with E-state index in [1.807, 2.05) is 18.3 Å². The third-order valence-corrected chi connectivity index (χ3v) is 4.47. The number of likely N-dealkylation sites (tertiary alicyclic amines) is 1. The van der Waals surface area contributed by atoms with Crippen LogP contribution in [0.15, 0.2) is 24.5 Å². The molecule has 8 heteroatoms. The SMILES string of the molecule is Cl.NCCNC(=O)C1CCCN(C(=O)Cc2c[nH]c3ncccc23)C1. The van der Waals surface area contributed by atoms with E-state index in [1.165, 1.54) is 0 Å². The molecule has 25 heavy (non-hydrogen) atoms. The number of piperidine rings is 1. The zero-order valence-electron chi connectivity index (χ0n) is 14.0. The summed E-state index contributed by atoms with van der Waals surface area (Å²) in [6.07, 6.45) is 5.55. The number of carbonyl (C=O) groups excluding carboxylic acids is 2. The molecule has 1 fully saturated rings. The van der Waals surface area contributed by atoms with Crippen LogP contribution in [0.5, 0.6) is 0 Å². The van der Waals surface area contributed by atoms with Gasteiger partial charge in [-0.15, -0.1) is 12.4 Å². The zero-order chi connectivity index (χ0) is 16.9. The molecule has 1 unspecified atom stereocenters. The molecular weight excluding hydrogens is 342 g/mol. The van der Waals surface area contributed by atoms with Crippen molar-refractivity contribution in [3.05, 3.63) is 30.1 Å². The minimum atomic E-state index is -0.140. The number of aromatic amines is 1. The van der Waals surface area contributed by atoms with Gasteiger partial charge >= 0.3 is 0 Å². The number of pyridine rings is 1. The molecule has 2 aromatic heterocycles. The number of H-pyrrole nitrogens is 1. The standard InChI is InChI=1S/C17H23N5O2.ClH/c18-5-7-20-17(24)12-3-2-8-22(11-12)15(23)9-13-10-21-16-14(13)4-1-6-19-16;/h1,4,6,10,12H,2-3,5,7-9,11,18H2,(H,19,21)(H,20,24);1H. The van der Waals surface area contributed by atoms with E-state index in [1.54, 1.807) is 11.1 Å². The van der Waals surface area contributed by atoms with Gasteiger partial charge in [0.1, 0.15) is 5.65 Å². The largest absolute Gasteiger partial charge is 0.355 e. The molecule has 7 nitrogen and oxygen atoms in total. The quantitative estimate of drug-likeness (QED) is 0.730. The Balaban J connectivity index is 0.00000225. The summed E-state index contributed by atoms with van der Waals surface area (Å²) < 4.78 is 0. The Labute approximate surface area is 152 Å². The average Bonchev–Trinajstić information content (AvgIpc) is 3.03. The third kappa shape index (κ3) is 4.49. The minimum absolute atomic E-state index is 0. The van der Waals surface area contributed by atoms with Gasteiger partial charge in [-0.3, -0.25) is 9.59 Å². The molecular formula is C17H24ClN5O2. The molecule has 2 aromatic rings. The molecule has 0 aliphatic carbocycles. The lowest BCUT2D eigenvalue weighted by atomic mass is 9.96. The van der Waals surface area contributed by atoms with Crippen molar-refractivity contribution < 1.29 is 9.59 Å². The summed E-state index contributed by atoms with van der Waals surface area (Å²) in [7, 11) is 0. The van der Waals surface area contributed by atoms with Crippen molar-refractivity contribution in [1.29, 1.82) is 0 Å². The van der Waals surface area contributed by atoms with Crippen molar-refractivity contribution in [2.24, 2.45) is 11.7 Å². The summed E-state index contributed by atoms with van der Waals surface area (Å²) >= 11 is 0. The Hall–Kier alpha value is -2.12. The molecule has 1 saturated heterocycles. The van der Waals surface area contributed by atoms with Gasteiger partial charge in [0.25, 0.3) is 0 Å². The Morgan fingerprint density at radius 1 is 1.44 bits per heavy atom. The summed E-state index contributed by atoms with van der Waals surface area (Å²) in [5, 5.41) is 3.79. The average molecular weight is 366 g/mol. The molecule has 0 aromatic carbocycles. The highest BCUT2D eigenvalue weighted by atomic mass is 35.5. The summed E-state index contributed by atoms with van der Waals surface area (Å²) in [5.74, 6) is -0.0933. The topological polar surface area (TPSA) is 104 Å². The van der Waals surface area contributed by atoms with E-state index >= 15 is 0 Å². The van der Waals surface area contributed by atoms with Gasteiger partial charge < -0.3 is 20.9 Å². The zero-order valence-corrected chi connectivity index (χ0v) is 14.8. The number of nitrogens with two attached hydrogens (primary N) is 1. The van der Waals surface area contributed by atoms with E-state index in [-0.39, 0.29) is 30.1 Å². The lowest BCUT2D eigenvalue weighted by Gasteiger charge is -2.32. The molecule has 136 valence electrons. The smallest absolute Gasteiger partial charge is 0.227 e. The van der Waals surface area contributed by atoms with Crippen LogP contribution in [-0.4, -0.2) is 52.9 Å². The van der Waals surface area contributed by atoms with Crippen LogP contribution in [0, 0.1) is 5.92 Å². The molecule has 4 N–H and O–H groups in total. The number of carbonyl (C=O) groups is 2. The number of nitrogens with zero attached hydrogens (tertiary/aromatic N) is 2. The molecule has 0 radical (unpaired) electrons. The van der Waals surface area contributed by atoms with Crippen LogP contribution in [0.25, 0.3) is 11.0 Å². The van der Waals surface area contributed by atoms with Gasteiger partial charge in [0, 0.05) is 44.0 Å². The number of nitrogens with one attached hydrogen (secondary N) is 2. The van der Waals surface area contributed by atoms with Crippen LogP contribution < -0.4 is 11.1 Å². The summed E-state index contributed by atoms with van der Waals surface area (Å²) in [5.41, 5.74) is 7.15. The summed E-state index contributed by atoms with van der Waals surface area (Å²) in [4.78, 5) is 33.9. The number of amides is 2. The highest BCUT2D eigenvalue weighted by Crippen LogP contribution is 2.20. The highest BCUT2D eigenvalue weighted by molar-refractivity contribution is 5.87. The number of rotatable bonds is 5. The van der Waals surface area contributed by atoms with Gasteiger partial charge in [-0.05, 0) is 30.5 Å². The molecule has 3 rings (SSSR count). The molecule has 0 saturated carbocycles. The van der Waals surface area contributed by atoms with E-state index in [0.29, 0.717) is 32.6 Å². The van der Waals surface area contributed by atoms with E-state index in [9.17, 15) is 9.59 Å². The van der Waals surface area contributed by atoms with Gasteiger partial charge in [0.05, 0.1) is 12.3 Å². The normalized spacial score (nSPS) is 17.2. The second kappa shape index (κ2) is 8.82. The van der Waals surface area contributed by atoms with E-state index in [2.05, 4.69) is 15.3 Å². The number of halogens is 1. The third-order valence-electron chi connectivity index (χ3n) is 4.47. The Morgan fingerprint density at radius 3 is 3.08 bits per heavy atom. The lowest BCUT2D eigenvalue weighted by Crippen LogP contribution is -2.46. The first-order valence-electron chi connectivity index (χ1n) is 8.35. The molecule has 1 atom stereocenters.